The molecule has 0 aliphatic carbocycles. The minimum Gasteiger partial charge on any atom is -0.387 e. The van der Waals surface area contributed by atoms with Gasteiger partial charge >= 0.3 is 0 Å². The predicted molar refractivity (Wildman–Crippen MR) is 63.7 cm³/mol. The van der Waals surface area contributed by atoms with Crippen molar-refractivity contribution < 1.29 is 13.9 Å². The van der Waals surface area contributed by atoms with Crippen LogP contribution in [0.15, 0.2) is 18.2 Å². The van der Waals surface area contributed by atoms with Gasteiger partial charge in [-0.1, -0.05) is 13.0 Å². The Balaban J connectivity index is 2.69. The third kappa shape index (κ3) is 3.75. The second-order valence-electron chi connectivity index (χ2n) is 4.39. The van der Waals surface area contributed by atoms with Crippen LogP contribution < -0.4 is 0 Å². The van der Waals surface area contributed by atoms with Crippen LogP contribution >= 0.6 is 0 Å². The number of likely N-dealkylation sites (N-methyl/N-ethyl adjacent to an activating group) is 1. The highest BCUT2D eigenvalue weighted by Gasteiger charge is 2.15. The number of rotatable bonds is 5. The van der Waals surface area contributed by atoms with Gasteiger partial charge in [-0.2, -0.15) is 0 Å². The van der Waals surface area contributed by atoms with Crippen LogP contribution in [0.3, 0.4) is 0 Å². The average Bonchev–Trinajstić information content (AvgIpc) is 2.31. The van der Waals surface area contributed by atoms with Gasteiger partial charge in [-0.25, -0.2) is 8.78 Å². The quantitative estimate of drug-likeness (QED) is 0.859. The van der Waals surface area contributed by atoms with Crippen molar-refractivity contribution in [3.8, 4) is 0 Å². The molecule has 17 heavy (non-hydrogen) atoms. The number of halogens is 2. The largest absolute Gasteiger partial charge is 0.387 e. The summed E-state index contributed by atoms with van der Waals surface area (Å²) in [5, 5.41) is 9.92. The molecular formula is C13H19F2NO. The van der Waals surface area contributed by atoms with E-state index in [9.17, 15) is 13.9 Å². The Hall–Kier alpha value is -1.00. The lowest BCUT2D eigenvalue weighted by Gasteiger charge is -2.26. The lowest BCUT2D eigenvalue weighted by atomic mass is 10.1. The van der Waals surface area contributed by atoms with Crippen molar-refractivity contribution in [3.05, 3.63) is 35.4 Å². The van der Waals surface area contributed by atoms with Crippen LogP contribution in [-0.2, 0) is 0 Å². The van der Waals surface area contributed by atoms with E-state index < -0.39 is 17.7 Å². The van der Waals surface area contributed by atoms with Crippen molar-refractivity contribution in [2.24, 2.45) is 0 Å². The molecule has 1 N–H and O–H groups in total. The second-order valence-corrected chi connectivity index (χ2v) is 4.39. The molecule has 0 aliphatic rings. The predicted octanol–water partition coefficient (Wildman–Crippen LogP) is 2.73. The van der Waals surface area contributed by atoms with Gasteiger partial charge in [0.2, 0.25) is 0 Å². The smallest absolute Gasteiger partial charge is 0.159 e. The fraction of sp³-hybridized carbons (Fsp3) is 0.538. The molecule has 0 aliphatic heterocycles. The van der Waals surface area contributed by atoms with E-state index in [1.54, 1.807) is 0 Å². The molecule has 0 spiro atoms. The van der Waals surface area contributed by atoms with Crippen LogP contribution in [-0.4, -0.2) is 29.6 Å². The van der Waals surface area contributed by atoms with E-state index in [0.29, 0.717) is 18.2 Å². The molecule has 0 amide bonds. The molecule has 0 fully saturated rings. The van der Waals surface area contributed by atoms with Crippen LogP contribution in [0.1, 0.15) is 31.9 Å². The summed E-state index contributed by atoms with van der Waals surface area (Å²) in [5.74, 6) is -1.82. The number of aliphatic hydroxyl groups is 1. The number of hydrogen-bond acceptors (Lipinski definition) is 2. The number of hydrogen-bond donors (Lipinski definition) is 1. The van der Waals surface area contributed by atoms with Crippen LogP contribution in [0.2, 0.25) is 0 Å². The number of nitrogens with zero attached hydrogens (tertiary/aromatic N) is 1. The molecule has 4 heteroatoms. The lowest BCUT2D eigenvalue weighted by Crippen LogP contribution is -2.32. The first kappa shape index (κ1) is 14.1. The normalized spacial score (nSPS) is 15.0. The molecule has 0 heterocycles. The van der Waals surface area contributed by atoms with Gasteiger partial charge in [-0.3, -0.25) is 0 Å². The summed E-state index contributed by atoms with van der Waals surface area (Å²) in [4.78, 5) is 1.99. The Morgan fingerprint density at radius 2 is 1.94 bits per heavy atom. The minimum atomic E-state index is -0.923. The van der Waals surface area contributed by atoms with E-state index in [0.717, 1.165) is 18.6 Å². The number of aliphatic hydroxyl groups excluding tert-OH is 1. The van der Waals surface area contributed by atoms with E-state index in [4.69, 9.17) is 0 Å². The zero-order valence-corrected chi connectivity index (χ0v) is 10.5. The summed E-state index contributed by atoms with van der Waals surface area (Å²) in [6.07, 6.45) is 0.171. The van der Waals surface area contributed by atoms with Crippen molar-refractivity contribution in [2.45, 2.75) is 32.4 Å². The first-order valence-corrected chi connectivity index (χ1v) is 5.79. The van der Waals surface area contributed by atoms with E-state index in [1.807, 2.05) is 11.9 Å². The van der Waals surface area contributed by atoms with Gasteiger partial charge in [-0.05, 0) is 38.1 Å². The maximum Gasteiger partial charge on any atom is 0.159 e. The molecular weight excluding hydrogens is 224 g/mol. The van der Waals surface area contributed by atoms with Crippen LogP contribution in [0.25, 0.3) is 0 Å². The molecule has 0 saturated heterocycles. The van der Waals surface area contributed by atoms with Gasteiger partial charge in [0.25, 0.3) is 0 Å². The summed E-state index contributed by atoms with van der Waals surface area (Å²) < 4.78 is 25.7. The van der Waals surface area contributed by atoms with Gasteiger partial charge in [0, 0.05) is 12.6 Å². The summed E-state index contributed by atoms with van der Waals surface area (Å²) in [6, 6.07) is 3.84. The van der Waals surface area contributed by atoms with Crippen molar-refractivity contribution in [1.82, 2.24) is 4.90 Å². The van der Waals surface area contributed by atoms with E-state index in [2.05, 4.69) is 13.8 Å². The van der Waals surface area contributed by atoms with E-state index >= 15 is 0 Å². The van der Waals surface area contributed by atoms with Gasteiger partial charge in [0.1, 0.15) is 0 Å². The molecule has 0 aromatic heterocycles. The van der Waals surface area contributed by atoms with Crippen molar-refractivity contribution in [1.29, 1.82) is 0 Å². The summed E-state index contributed by atoms with van der Waals surface area (Å²) in [6.45, 7) is 4.52. The van der Waals surface area contributed by atoms with Crippen molar-refractivity contribution >= 4 is 0 Å². The Bertz CT molecular complexity index is 370. The van der Waals surface area contributed by atoms with Gasteiger partial charge in [-0.15, -0.1) is 0 Å². The molecule has 1 aromatic rings. The Labute approximate surface area is 101 Å². The molecule has 2 atom stereocenters. The molecule has 96 valence electrons. The topological polar surface area (TPSA) is 23.5 Å². The molecule has 0 bridgehead atoms. The third-order valence-corrected chi connectivity index (χ3v) is 3.13. The molecule has 2 nitrogen and oxygen atoms in total. The zero-order chi connectivity index (χ0) is 13.0. The SMILES string of the molecule is CCC(C)N(C)CC(O)c1ccc(F)c(F)c1. The highest BCUT2D eigenvalue weighted by atomic mass is 19.2. The fourth-order valence-electron chi connectivity index (χ4n) is 1.59. The highest BCUT2D eigenvalue weighted by Crippen LogP contribution is 2.18. The summed E-state index contributed by atoms with van der Waals surface area (Å²) >= 11 is 0. The van der Waals surface area contributed by atoms with Crippen LogP contribution in [0, 0.1) is 11.6 Å². The molecule has 2 unspecified atom stereocenters. The maximum atomic E-state index is 13.0. The van der Waals surface area contributed by atoms with Crippen molar-refractivity contribution in [2.75, 3.05) is 13.6 Å². The molecule has 0 saturated carbocycles. The monoisotopic (exact) mass is 243 g/mol. The molecule has 1 rings (SSSR count). The van der Waals surface area contributed by atoms with Crippen LogP contribution in [0.4, 0.5) is 8.78 Å². The van der Waals surface area contributed by atoms with Gasteiger partial charge in [0.05, 0.1) is 6.10 Å². The van der Waals surface area contributed by atoms with E-state index in [1.165, 1.54) is 6.07 Å². The first-order chi connectivity index (χ1) is 7.95. The van der Waals surface area contributed by atoms with Gasteiger partial charge in [0.15, 0.2) is 11.6 Å². The average molecular weight is 243 g/mol. The van der Waals surface area contributed by atoms with E-state index in [-0.39, 0.29) is 0 Å². The summed E-state index contributed by atoms with van der Waals surface area (Å²) in [5.41, 5.74) is 0.402. The lowest BCUT2D eigenvalue weighted by molar-refractivity contribution is 0.107. The highest BCUT2D eigenvalue weighted by molar-refractivity contribution is 5.20. The Morgan fingerprint density at radius 3 is 2.47 bits per heavy atom. The Kier molecular flexibility index (Phi) is 5.02. The summed E-state index contributed by atoms with van der Waals surface area (Å²) in [7, 11) is 1.90. The number of benzene rings is 1. The van der Waals surface area contributed by atoms with Crippen molar-refractivity contribution in [3.63, 3.8) is 0 Å². The standard InChI is InChI=1S/C13H19F2NO/c1-4-9(2)16(3)8-13(17)10-5-6-11(14)12(15)7-10/h5-7,9,13,17H,4,8H2,1-3H3. The third-order valence-electron chi connectivity index (χ3n) is 3.13. The molecule has 1 aromatic carbocycles. The molecule has 0 radical (unpaired) electrons. The maximum absolute atomic E-state index is 13.0. The minimum absolute atomic E-state index is 0.343. The van der Waals surface area contributed by atoms with Crippen LogP contribution in [0.5, 0.6) is 0 Å². The fourth-order valence-corrected chi connectivity index (χ4v) is 1.59. The first-order valence-electron chi connectivity index (χ1n) is 5.79. The zero-order valence-electron chi connectivity index (χ0n) is 10.5. The Morgan fingerprint density at radius 1 is 1.29 bits per heavy atom. The van der Waals surface area contributed by atoms with Gasteiger partial charge < -0.3 is 10.0 Å². The second kappa shape index (κ2) is 6.07.